The second-order valence-electron chi connectivity index (χ2n) is 16.4. The number of aliphatic hydroxyl groups excluding tert-OH is 2. The molecule has 0 saturated heterocycles. The van der Waals surface area contributed by atoms with E-state index in [4.69, 9.17) is 9.47 Å². The van der Waals surface area contributed by atoms with Crippen molar-refractivity contribution in [3.63, 3.8) is 0 Å². The van der Waals surface area contributed by atoms with Gasteiger partial charge in [-0.2, -0.15) is 0 Å². The van der Waals surface area contributed by atoms with Gasteiger partial charge in [-0.15, -0.1) is 0 Å². The Morgan fingerprint density at radius 3 is 1.10 bits per heavy atom. The van der Waals surface area contributed by atoms with Crippen LogP contribution in [0.15, 0.2) is 60.7 Å². The molecule has 0 heterocycles. The second kappa shape index (κ2) is 42.1. The van der Waals surface area contributed by atoms with Gasteiger partial charge in [-0.3, -0.25) is 0 Å². The van der Waals surface area contributed by atoms with Crippen molar-refractivity contribution in [3.05, 3.63) is 71.8 Å². The van der Waals surface area contributed by atoms with E-state index < -0.39 is 11.9 Å². The van der Waals surface area contributed by atoms with Gasteiger partial charge in [0.05, 0.1) is 37.6 Å². The van der Waals surface area contributed by atoms with Crippen molar-refractivity contribution in [2.75, 3.05) is 0 Å². The van der Waals surface area contributed by atoms with Gasteiger partial charge in [0.1, 0.15) is 0 Å². The number of rotatable bonds is 38. The molecule has 4 unspecified atom stereocenters. The van der Waals surface area contributed by atoms with E-state index in [0.717, 1.165) is 141 Å². The van der Waals surface area contributed by atoms with Crippen LogP contribution in [0.25, 0.3) is 0 Å². The minimum Gasteiger partial charge on any atom is -0.550 e. The van der Waals surface area contributed by atoms with Crippen LogP contribution in [0.5, 0.6) is 0 Å². The van der Waals surface area contributed by atoms with Gasteiger partial charge in [0, 0.05) is 11.9 Å². The van der Waals surface area contributed by atoms with Gasteiger partial charge in [0.25, 0.3) is 0 Å². The summed E-state index contributed by atoms with van der Waals surface area (Å²) in [5, 5.41) is 41.2. The summed E-state index contributed by atoms with van der Waals surface area (Å²) in [6.45, 7) is 5.75. The van der Waals surface area contributed by atoms with Gasteiger partial charge in [0.2, 0.25) is 0 Å². The van der Waals surface area contributed by atoms with E-state index in [-0.39, 0.29) is 86.1 Å². The van der Waals surface area contributed by atoms with Crippen molar-refractivity contribution in [2.45, 2.75) is 231 Å². The van der Waals surface area contributed by atoms with Gasteiger partial charge in [-0.25, -0.2) is 0 Å². The minimum atomic E-state index is -0.949. The maximum atomic E-state index is 10.3. The molecule has 8 nitrogen and oxygen atoms in total. The summed E-state index contributed by atoms with van der Waals surface area (Å²) in [7, 11) is 0. The van der Waals surface area contributed by atoms with Crippen molar-refractivity contribution in [1.82, 2.24) is 0 Å². The van der Waals surface area contributed by atoms with Crippen LogP contribution < -0.4 is 10.2 Å². The molecule has 4 atom stereocenters. The molecular weight excluding hydrogens is 866 g/mol. The first-order valence-corrected chi connectivity index (χ1v) is 23.3. The van der Waals surface area contributed by atoms with E-state index in [0.29, 0.717) is 13.2 Å². The normalized spacial score (nSPS) is 13.1. The summed E-state index contributed by atoms with van der Waals surface area (Å²) < 4.78 is 12.3. The Bertz CT molecular complexity index is 1110. The topological polar surface area (TPSA) is 139 Å². The molecule has 0 aliphatic rings. The zero-order chi connectivity index (χ0) is 42.3. The Balaban J connectivity index is 0.00000112. The first-order valence-electron chi connectivity index (χ1n) is 23.3. The summed E-state index contributed by atoms with van der Waals surface area (Å²) in [4.78, 5) is 20.7. The zero-order valence-corrected chi connectivity index (χ0v) is 41.8. The van der Waals surface area contributed by atoms with Crippen molar-refractivity contribution in [1.29, 1.82) is 0 Å². The van der Waals surface area contributed by atoms with Crippen molar-refractivity contribution < 1.29 is 39.5 Å². The van der Waals surface area contributed by atoms with Gasteiger partial charge >= 0.3 is 48.9 Å². The first-order chi connectivity index (χ1) is 28.2. The van der Waals surface area contributed by atoms with E-state index in [9.17, 15) is 30.0 Å². The fourth-order valence-corrected chi connectivity index (χ4v) is 7.23. The molecule has 0 saturated carbocycles. The van der Waals surface area contributed by atoms with Crippen LogP contribution in [0.2, 0.25) is 0 Å². The Hall–Kier alpha value is -1.21. The molecule has 0 fully saturated rings. The average molecular weight is 949 g/mol. The maximum Gasteiger partial charge on any atom is 2.00 e. The summed E-state index contributed by atoms with van der Waals surface area (Å²) in [6, 6.07) is 20.6. The zero-order valence-electron chi connectivity index (χ0n) is 37.3. The number of ether oxygens (including phenoxy) is 2. The molecule has 2 aromatic carbocycles. The molecule has 332 valence electrons. The third-order valence-corrected chi connectivity index (χ3v) is 10.9. The van der Waals surface area contributed by atoms with Gasteiger partial charge in [0.15, 0.2) is 0 Å². The quantitative estimate of drug-likeness (QED) is 0.0501. The van der Waals surface area contributed by atoms with E-state index in [2.05, 4.69) is 38.1 Å². The molecule has 9 heteroatoms. The monoisotopic (exact) mass is 949 g/mol. The van der Waals surface area contributed by atoms with Crippen LogP contribution in [0.4, 0.5) is 0 Å². The molecule has 0 aromatic heterocycles. The fourth-order valence-electron chi connectivity index (χ4n) is 7.23. The molecular formula is C50H82BaO8. The average Bonchev–Trinajstić information content (AvgIpc) is 3.22. The maximum absolute atomic E-state index is 10.3. The number of aliphatic hydroxyl groups is 2. The molecule has 0 aliphatic heterocycles. The number of unbranched alkanes of at least 4 members (excludes halogenated alkanes) is 12. The Kier molecular flexibility index (Phi) is 41.2. The number of carboxylic acid groups (broad SMARTS) is 2. The van der Waals surface area contributed by atoms with E-state index >= 15 is 0 Å². The summed E-state index contributed by atoms with van der Waals surface area (Å²) in [6.07, 6.45) is 26.9. The number of carbonyl (C=O) groups is 2. The molecule has 2 N–H and O–H groups in total. The third kappa shape index (κ3) is 38.2. The summed E-state index contributed by atoms with van der Waals surface area (Å²) in [5.41, 5.74) is 2.43. The molecule has 59 heavy (non-hydrogen) atoms. The number of hydrogen-bond acceptors (Lipinski definition) is 8. The van der Waals surface area contributed by atoms with Crippen molar-refractivity contribution in [3.8, 4) is 0 Å². The van der Waals surface area contributed by atoms with Gasteiger partial charge in [-0.05, 0) is 101 Å². The van der Waals surface area contributed by atoms with Crippen LogP contribution in [-0.2, 0) is 32.3 Å². The SMILES string of the molecule is CCCCC(CCCC(O)CCCCCCCCC(=O)[O-])OCc1ccccc1.CCCCC(CCCC(O)CCCCCCCCC(=O)[O-])OCc1ccccc1.[Ba+2]. The Morgan fingerprint density at radius 1 is 0.458 bits per heavy atom. The number of carboxylic acids is 2. The number of carbonyl (C=O) groups excluding carboxylic acids is 2. The molecule has 0 radical (unpaired) electrons. The van der Waals surface area contributed by atoms with Crippen LogP contribution in [0, 0.1) is 0 Å². The van der Waals surface area contributed by atoms with E-state index in [1.807, 2.05) is 36.4 Å². The predicted molar refractivity (Wildman–Crippen MR) is 238 cm³/mol. The van der Waals surface area contributed by atoms with Crippen LogP contribution in [0.1, 0.15) is 205 Å². The summed E-state index contributed by atoms with van der Waals surface area (Å²) >= 11 is 0. The third-order valence-electron chi connectivity index (χ3n) is 10.9. The number of benzene rings is 2. The van der Waals surface area contributed by atoms with Crippen LogP contribution in [0.3, 0.4) is 0 Å². The van der Waals surface area contributed by atoms with E-state index in [1.165, 1.54) is 36.8 Å². The van der Waals surface area contributed by atoms with Crippen LogP contribution >= 0.6 is 0 Å². The number of hydrogen-bond donors (Lipinski definition) is 2. The first kappa shape index (κ1) is 57.8. The minimum absolute atomic E-state index is 0. The Labute approximate surface area is 400 Å². The Morgan fingerprint density at radius 2 is 0.763 bits per heavy atom. The molecule has 2 aromatic rings. The molecule has 2 rings (SSSR count). The predicted octanol–water partition coefficient (Wildman–Crippen LogP) is 9.95. The van der Waals surface area contributed by atoms with Gasteiger partial charge in [-0.1, -0.05) is 164 Å². The molecule has 0 aliphatic carbocycles. The fraction of sp³-hybridized carbons (Fsp3) is 0.720. The van der Waals surface area contributed by atoms with E-state index in [1.54, 1.807) is 0 Å². The number of aliphatic carboxylic acids is 2. The second-order valence-corrected chi connectivity index (χ2v) is 16.4. The van der Waals surface area contributed by atoms with Crippen molar-refractivity contribution >= 4 is 60.8 Å². The largest absolute Gasteiger partial charge is 2.00 e. The van der Waals surface area contributed by atoms with Crippen molar-refractivity contribution in [2.24, 2.45) is 0 Å². The summed E-state index contributed by atoms with van der Waals surface area (Å²) in [5.74, 6) is -1.90. The molecule has 0 spiro atoms. The molecule has 0 amide bonds. The smallest absolute Gasteiger partial charge is 0.550 e. The van der Waals surface area contributed by atoms with Gasteiger partial charge < -0.3 is 39.5 Å². The standard InChI is InChI=1S/2C25H42O4.Ba/c2*1-2-3-18-24(29-21-22-14-9-8-10-15-22)19-13-17-23(26)16-11-6-4-5-7-12-20-25(27)28;/h2*8-10,14-15,23-24,26H,2-7,11-13,16-21H2,1H3,(H,27,28);/q;;+2/p-2. The van der Waals surface area contributed by atoms with Crippen LogP contribution in [-0.4, -0.2) is 95.4 Å². The molecule has 0 bridgehead atoms.